The van der Waals surface area contributed by atoms with E-state index in [0.717, 1.165) is 22.9 Å². The number of ether oxygens (including phenoxy) is 1. The summed E-state index contributed by atoms with van der Waals surface area (Å²) < 4.78 is 6.13. The molecule has 1 rings (SSSR count). The maximum Gasteiger partial charge on any atom is 0.319 e. The molecule has 18 heavy (non-hydrogen) atoms. The van der Waals surface area contributed by atoms with E-state index in [2.05, 4.69) is 28.2 Å². The van der Waals surface area contributed by atoms with Gasteiger partial charge in [-0.3, -0.25) is 4.79 Å². The van der Waals surface area contributed by atoms with Gasteiger partial charge in [0.2, 0.25) is 0 Å². The second kappa shape index (κ2) is 8.27. The zero-order chi connectivity index (χ0) is 13.4. The second-order valence-electron chi connectivity index (χ2n) is 4.20. The van der Waals surface area contributed by atoms with E-state index in [1.165, 1.54) is 0 Å². The number of hydrogen-bond acceptors (Lipinski definition) is 3. The third-order valence-corrected chi connectivity index (χ3v) is 3.41. The summed E-state index contributed by atoms with van der Waals surface area (Å²) in [5.74, 6) is -0.192. The van der Waals surface area contributed by atoms with Crippen molar-refractivity contribution in [1.29, 1.82) is 0 Å². The molecule has 100 valence electrons. The van der Waals surface area contributed by atoms with Crippen molar-refractivity contribution in [2.45, 2.75) is 32.7 Å². The molecule has 0 saturated heterocycles. The number of unbranched alkanes of at least 4 members (excludes halogenated alkanes) is 1. The molecular weight excluding hydrogens is 294 g/mol. The first-order valence-electron chi connectivity index (χ1n) is 6.28. The topological polar surface area (TPSA) is 38.3 Å². The van der Waals surface area contributed by atoms with Crippen LogP contribution in [0.3, 0.4) is 0 Å². The van der Waals surface area contributed by atoms with Crippen molar-refractivity contribution in [2.24, 2.45) is 0 Å². The molecule has 1 atom stereocenters. The second-order valence-corrected chi connectivity index (χ2v) is 5.05. The maximum absolute atomic E-state index is 11.4. The van der Waals surface area contributed by atoms with Crippen molar-refractivity contribution in [3.8, 4) is 0 Å². The van der Waals surface area contributed by atoms with E-state index >= 15 is 0 Å². The summed E-state index contributed by atoms with van der Waals surface area (Å²) in [4.78, 5) is 11.4. The fourth-order valence-electron chi connectivity index (χ4n) is 1.55. The highest BCUT2D eigenvalue weighted by Crippen LogP contribution is 2.22. The van der Waals surface area contributed by atoms with Crippen LogP contribution < -0.4 is 5.32 Å². The zero-order valence-electron chi connectivity index (χ0n) is 10.9. The van der Waals surface area contributed by atoms with Crippen LogP contribution in [0.1, 0.15) is 38.3 Å². The van der Waals surface area contributed by atoms with Crippen LogP contribution >= 0.6 is 15.9 Å². The number of nitrogens with one attached hydrogen (secondary N) is 1. The monoisotopic (exact) mass is 313 g/mol. The smallest absolute Gasteiger partial charge is 0.319 e. The van der Waals surface area contributed by atoms with Crippen LogP contribution in [0, 0.1) is 0 Å². The molecule has 1 aromatic rings. The summed E-state index contributed by atoms with van der Waals surface area (Å²) in [6, 6.07) is 8.09. The first kappa shape index (κ1) is 15.2. The minimum atomic E-state index is -0.192. The molecule has 1 aromatic carbocycles. The maximum atomic E-state index is 11.4. The number of carbonyl (C=O) groups is 1. The van der Waals surface area contributed by atoms with Gasteiger partial charge in [-0.05, 0) is 25.0 Å². The highest BCUT2D eigenvalue weighted by atomic mass is 79.9. The Morgan fingerprint density at radius 2 is 2.17 bits per heavy atom. The third-order valence-electron chi connectivity index (χ3n) is 2.69. The Hall–Kier alpha value is -0.870. The van der Waals surface area contributed by atoms with Crippen LogP contribution in [0.15, 0.2) is 28.7 Å². The minimum Gasteiger partial charge on any atom is -0.465 e. The Labute approximate surface area is 117 Å². The van der Waals surface area contributed by atoms with Gasteiger partial charge in [0, 0.05) is 10.5 Å². The molecule has 0 radical (unpaired) electrons. The standard InChI is InChI=1S/C14H20BrNO2/c1-3-4-9-18-14(17)10-16-11(2)12-7-5-6-8-13(12)15/h5-8,11,16H,3-4,9-10H2,1-2H3/t11-/m0/s1. The van der Waals surface area contributed by atoms with Crippen molar-refractivity contribution in [2.75, 3.05) is 13.2 Å². The quantitative estimate of drug-likeness (QED) is 0.619. The fourth-order valence-corrected chi connectivity index (χ4v) is 2.18. The summed E-state index contributed by atoms with van der Waals surface area (Å²) >= 11 is 3.50. The van der Waals surface area contributed by atoms with Crippen LogP contribution in [0.4, 0.5) is 0 Å². The summed E-state index contributed by atoms with van der Waals surface area (Å²) in [6.45, 7) is 4.85. The first-order valence-corrected chi connectivity index (χ1v) is 7.08. The van der Waals surface area contributed by atoms with E-state index < -0.39 is 0 Å². The molecule has 1 N–H and O–H groups in total. The molecule has 0 aromatic heterocycles. The summed E-state index contributed by atoms with van der Waals surface area (Å²) in [5.41, 5.74) is 1.14. The molecule has 0 fully saturated rings. The van der Waals surface area contributed by atoms with Gasteiger partial charge in [0.15, 0.2) is 0 Å². The molecule has 0 aliphatic heterocycles. The zero-order valence-corrected chi connectivity index (χ0v) is 12.5. The van der Waals surface area contributed by atoms with Crippen molar-refractivity contribution in [1.82, 2.24) is 5.32 Å². The van der Waals surface area contributed by atoms with Gasteiger partial charge in [-0.1, -0.05) is 47.5 Å². The fraction of sp³-hybridized carbons (Fsp3) is 0.500. The molecule has 0 spiro atoms. The SMILES string of the molecule is CCCCOC(=O)CN[C@@H](C)c1ccccc1Br. The Kier molecular flexibility index (Phi) is 6.98. The molecule has 4 heteroatoms. The summed E-state index contributed by atoms with van der Waals surface area (Å²) in [7, 11) is 0. The number of carbonyl (C=O) groups excluding carboxylic acids is 1. The predicted octanol–water partition coefficient (Wildman–Crippen LogP) is 3.44. The van der Waals surface area contributed by atoms with E-state index in [-0.39, 0.29) is 18.6 Å². The van der Waals surface area contributed by atoms with Gasteiger partial charge in [0.25, 0.3) is 0 Å². The molecule has 0 unspecified atom stereocenters. The third kappa shape index (κ3) is 5.19. The van der Waals surface area contributed by atoms with Gasteiger partial charge in [-0.25, -0.2) is 0 Å². The van der Waals surface area contributed by atoms with Crippen LogP contribution in [-0.2, 0) is 9.53 Å². The Morgan fingerprint density at radius 3 is 2.83 bits per heavy atom. The Balaban J connectivity index is 2.35. The largest absolute Gasteiger partial charge is 0.465 e. The van der Waals surface area contributed by atoms with Crippen molar-refractivity contribution in [3.05, 3.63) is 34.3 Å². The number of benzene rings is 1. The van der Waals surface area contributed by atoms with Crippen molar-refractivity contribution >= 4 is 21.9 Å². The molecule has 0 heterocycles. The van der Waals surface area contributed by atoms with Gasteiger partial charge in [0.05, 0.1) is 13.2 Å². The lowest BCUT2D eigenvalue weighted by Gasteiger charge is -2.15. The molecule has 0 amide bonds. The molecule has 0 saturated carbocycles. The van der Waals surface area contributed by atoms with Gasteiger partial charge >= 0.3 is 5.97 Å². The van der Waals surface area contributed by atoms with Crippen LogP contribution in [0.5, 0.6) is 0 Å². The average Bonchev–Trinajstić information content (AvgIpc) is 2.37. The number of hydrogen-bond donors (Lipinski definition) is 1. The van der Waals surface area contributed by atoms with E-state index in [4.69, 9.17) is 4.74 Å². The van der Waals surface area contributed by atoms with E-state index in [0.29, 0.717) is 6.61 Å². The van der Waals surface area contributed by atoms with Crippen LogP contribution in [-0.4, -0.2) is 19.1 Å². The highest BCUT2D eigenvalue weighted by Gasteiger charge is 2.10. The average molecular weight is 314 g/mol. The first-order chi connectivity index (χ1) is 8.65. The summed E-state index contributed by atoms with van der Waals surface area (Å²) in [6.07, 6.45) is 1.96. The van der Waals surface area contributed by atoms with E-state index in [1.54, 1.807) is 0 Å². The van der Waals surface area contributed by atoms with E-state index in [1.807, 2.05) is 31.2 Å². The number of rotatable bonds is 7. The predicted molar refractivity (Wildman–Crippen MR) is 76.4 cm³/mol. The lowest BCUT2D eigenvalue weighted by molar-refractivity contribution is -0.142. The Bertz CT molecular complexity index is 382. The molecule has 3 nitrogen and oxygen atoms in total. The van der Waals surface area contributed by atoms with Crippen molar-refractivity contribution < 1.29 is 9.53 Å². The summed E-state index contributed by atoms with van der Waals surface area (Å²) in [5, 5.41) is 3.16. The Morgan fingerprint density at radius 1 is 1.44 bits per heavy atom. The lowest BCUT2D eigenvalue weighted by Crippen LogP contribution is -2.27. The minimum absolute atomic E-state index is 0.110. The number of esters is 1. The van der Waals surface area contributed by atoms with Crippen molar-refractivity contribution in [3.63, 3.8) is 0 Å². The molecule has 0 aliphatic rings. The molecule has 0 aliphatic carbocycles. The van der Waals surface area contributed by atoms with Crippen LogP contribution in [0.25, 0.3) is 0 Å². The highest BCUT2D eigenvalue weighted by molar-refractivity contribution is 9.10. The lowest BCUT2D eigenvalue weighted by atomic mass is 10.1. The molecule has 0 bridgehead atoms. The number of halogens is 1. The van der Waals surface area contributed by atoms with Gasteiger partial charge < -0.3 is 10.1 Å². The van der Waals surface area contributed by atoms with Crippen LogP contribution in [0.2, 0.25) is 0 Å². The normalized spacial score (nSPS) is 12.2. The van der Waals surface area contributed by atoms with Gasteiger partial charge in [-0.15, -0.1) is 0 Å². The van der Waals surface area contributed by atoms with Gasteiger partial charge in [-0.2, -0.15) is 0 Å². The molecular formula is C14H20BrNO2. The van der Waals surface area contributed by atoms with Gasteiger partial charge in [0.1, 0.15) is 0 Å². The van der Waals surface area contributed by atoms with E-state index in [9.17, 15) is 4.79 Å².